The van der Waals surface area contributed by atoms with E-state index in [1.54, 1.807) is 36.8 Å². The van der Waals surface area contributed by atoms with Crippen LogP contribution in [-0.2, 0) is 11.8 Å². The molecule has 278 valence electrons. The number of nitrogen functional groups attached to an aromatic ring is 1. The van der Waals surface area contributed by atoms with E-state index < -0.39 is 0 Å². The molecule has 3 aromatic heterocycles. The molecule has 53 heavy (non-hydrogen) atoms. The number of likely N-dealkylation sites (tertiary alicyclic amines) is 2. The van der Waals surface area contributed by atoms with Crippen LogP contribution in [0, 0.1) is 0 Å². The molecule has 2 aliphatic heterocycles. The highest BCUT2D eigenvalue weighted by molar-refractivity contribution is 7.18. The van der Waals surface area contributed by atoms with Gasteiger partial charge in [0.05, 0.1) is 30.2 Å². The van der Waals surface area contributed by atoms with Crippen LogP contribution in [0.3, 0.4) is 0 Å². The molecule has 2 saturated heterocycles. The number of hydrogen-bond donors (Lipinski definition) is 3. The first-order chi connectivity index (χ1) is 25.7. The van der Waals surface area contributed by atoms with Gasteiger partial charge in [-0.1, -0.05) is 38.1 Å². The molecule has 0 spiro atoms. The number of nitrogens with one attached hydrogen (secondary N) is 2. The van der Waals surface area contributed by atoms with Gasteiger partial charge in [0.25, 0.3) is 5.91 Å². The quantitative estimate of drug-likeness (QED) is 0.120. The molecule has 2 amide bonds. The number of carbonyl (C=O) groups is 2. The number of nitrogens with zero attached hydrogens (tertiary/aromatic N) is 5. The fourth-order valence-electron chi connectivity index (χ4n) is 8.30. The number of fused-ring (bicyclic) bond motifs is 2. The number of aryl methyl sites for hydroxylation is 1. The van der Waals surface area contributed by atoms with Gasteiger partial charge in [-0.05, 0) is 80.5 Å². The van der Waals surface area contributed by atoms with E-state index in [1.165, 1.54) is 6.42 Å². The Kier molecular flexibility index (Phi) is 10.7. The fraction of sp³-hybridized carbons (Fsp3) is 0.390. The van der Waals surface area contributed by atoms with Crippen molar-refractivity contribution in [1.82, 2.24) is 24.7 Å². The number of anilines is 3. The van der Waals surface area contributed by atoms with Crippen LogP contribution < -0.4 is 26.0 Å². The Morgan fingerprint density at radius 2 is 1.87 bits per heavy atom. The van der Waals surface area contributed by atoms with E-state index in [4.69, 9.17) is 10.5 Å². The molecule has 0 bridgehead atoms. The van der Waals surface area contributed by atoms with Gasteiger partial charge in [-0.25, -0.2) is 4.98 Å². The van der Waals surface area contributed by atoms with Gasteiger partial charge in [-0.3, -0.25) is 19.4 Å². The Balaban J connectivity index is 1.14. The number of likely N-dealkylation sites (N-methyl/N-ethyl adjacent to an activating group) is 1. The minimum atomic E-state index is -0.210. The first-order valence-corrected chi connectivity index (χ1v) is 19.5. The van der Waals surface area contributed by atoms with Crippen molar-refractivity contribution < 1.29 is 14.3 Å². The topological polar surface area (TPSA) is 121 Å². The van der Waals surface area contributed by atoms with Crippen molar-refractivity contribution in [3.05, 3.63) is 71.4 Å². The Bertz CT molecular complexity index is 2170. The monoisotopic (exact) mass is 734 g/mol. The lowest BCUT2D eigenvalue weighted by Crippen LogP contribution is -2.43. The van der Waals surface area contributed by atoms with Gasteiger partial charge in [0.1, 0.15) is 17.3 Å². The molecule has 5 aromatic rings. The smallest absolute Gasteiger partial charge is 0.274 e. The van der Waals surface area contributed by atoms with E-state index in [-0.39, 0.29) is 18.0 Å². The second kappa shape index (κ2) is 15.6. The predicted octanol–water partition coefficient (Wildman–Crippen LogP) is 6.79. The first kappa shape index (κ1) is 36.4. The van der Waals surface area contributed by atoms with Crippen LogP contribution >= 0.6 is 11.3 Å². The standard InChI is InChI=1S/C41H50N8O3S/c1-6-48-20-10-12-28(48)24-43-34(50)19-17-27-23-44-40(42)36-30(25-53-39(27)36)26-16-18-31(33(22-26)52-5)45-41(51)38-37(29-13-8-9-14-32(29)46(38)3)47(4)35-15-11-21-49(35)7-2/h8-9,13-14,16-19,22-23,25,28,35H,6-7,10-12,15,20-21,24H2,1-5H3,(H2,42,44)(H,43,50)(H,45,51)/b19-17+/t28-,35+/m0/s1. The summed E-state index contributed by atoms with van der Waals surface area (Å²) in [5.41, 5.74) is 12.2. The average molecular weight is 735 g/mol. The van der Waals surface area contributed by atoms with Crippen LogP contribution in [0.25, 0.3) is 38.2 Å². The zero-order chi connectivity index (χ0) is 37.2. The number of nitrogens with two attached hydrogens (primary N) is 1. The summed E-state index contributed by atoms with van der Waals surface area (Å²) in [5, 5.41) is 10.2. The molecule has 2 fully saturated rings. The number of para-hydroxylation sites is 1. The molecule has 0 saturated carbocycles. The Morgan fingerprint density at radius 1 is 1.09 bits per heavy atom. The molecule has 0 aliphatic carbocycles. The van der Waals surface area contributed by atoms with Crippen molar-refractivity contribution in [3.8, 4) is 16.9 Å². The van der Waals surface area contributed by atoms with E-state index in [0.29, 0.717) is 35.5 Å². The minimum absolute atomic E-state index is 0.124. The van der Waals surface area contributed by atoms with Crippen LogP contribution in [0.4, 0.5) is 17.2 Å². The molecule has 2 atom stereocenters. The number of methoxy groups -OCH3 is 1. The zero-order valence-corrected chi connectivity index (χ0v) is 32.1. The third kappa shape index (κ3) is 6.98. The number of hydrogen-bond acceptors (Lipinski definition) is 9. The average Bonchev–Trinajstić information content (AvgIpc) is 3.99. The number of amides is 2. The minimum Gasteiger partial charge on any atom is -0.495 e. The number of aromatic nitrogens is 2. The number of ether oxygens (including phenoxy) is 1. The van der Waals surface area contributed by atoms with E-state index in [0.717, 1.165) is 88.8 Å². The van der Waals surface area contributed by atoms with Gasteiger partial charge in [0.2, 0.25) is 5.91 Å². The summed E-state index contributed by atoms with van der Waals surface area (Å²) in [6, 6.07) is 14.3. The number of thiophene rings is 1. The van der Waals surface area contributed by atoms with Crippen molar-refractivity contribution in [1.29, 1.82) is 0 Å². The molecule has 4 N–H and O–H groups in total. The Hall–Kier alpha value is -4.91. The maximum Gasteiger partial charge on any atom is 0.274 e. The molecule has 7 rings (SSSR count). The summed E-state index contributed by atoms with van der Waals surface area (Å²) >= 11 is 1.55. The molecule has 0 unspecified atom stereocenters. The fourth-order valence-corrected chi connectivity index (χ4v) is 9.38. The van der Waals surface area contributed by atoms with Gasteiger partial charge in [0, 0.05) is 72.1 Å². The second-order valence-corrected chi connectivity index (χ2v) is 14.8. The second-order valence-electron chi connectivity index (χ2n) is 14.0. The van der Waals surface area contributed by atoms with Gasteiger partial charge in [-0.2, -0.15) is 0 Å². The number of carbonyl (C=O) groups excluding carboxylic acids is 2. The maximum absolute atomic E-state index is 14.3. The third-order valence-electron chi connectivity index (χ3n) is 11.1. The molecule has 11 nitrogen and oxygen atoms in total. The third-order valence-corrected chi connectivity index (χ3v) is 12.1. The number of pyridine rings is 1. The van der Waals surface area contributed by atoms with Gasteiger partial charge < -0.3 is 30.6 Å². The maximum atomic E-state index is 14.3. The van der Waals surface area contributed by atoms with Crippen LogP contribution in [-0.4, -0.2) is 90.3 Å². The summed E-state index contributed by atoms with van der Waals surface area (Å²) in [6.45, 7) is 9.10. The Labute approximate surface area is 315 Å². The highest BCUT2D eigenvalue weighted by atomic mass is 32.1. The lowest BCUT2D eigenvalue weighted by molar-refractivity contribution is -0.116. The van der Waals surface area contributed by atoms with E-state index >= 15 is 0 Å². The highest BCUT2D eigenvalue weighted by Crippen LogP contribution is 2.42. The van der Waals surface area contributed by atoms with Crippen molar-refractivity contribution in [2.45, 2.75) is 51.7 Å². The summed E-state index contributed by atoms with van der Waals surface area (Å²) < 4.78 is 8.79. The van der Waals surface area contributed by atoms with Gasteiger partial charge in [-0.15, -0.1) is 11.3 Å². The van der Waals surface area contributed by atoms with E-state index in [1.807, 2.05) is 47.3 Å². The van der Waals surface area contributed by atoms with Crippen molar-refractivity contribution >= 4 is 67.4 Å². The van der Waals surface area contributed by atoms with Crippen LogP contribution in [0.5, 0.6) is 5.75 Å². The molecule has 0 radical (unpaired) electrons. The Morgan fingerprint density at radius 3 is 2.66 bits per heavy atom. The number of benzene rings is 2. The molecule has 2 aliphatic rings. The van der Waals surface area contributed by atoms with Gasteiger partial charge >= 0.3 is 0 Å². The molecule has 2 aromatic carbocycles. The van der Waals surface area contributed by atoms with E-state index in [9.17, 15) is 9.59 Å². The SMILES string of the molecule is CCN1CCC[C@H]1CNC(=O)/C=C/c1cnc(N)c2c(-c3ccc(NC(=O)c4c(N(C)[C@H]5CCCN5CC)c5ccccc5n4C)c(OC)c3)csc12. The lowest BCUT2D eigenvalue weighted by atomic mass is 10.0. The van der Waals surface area contributed by atoms with Crippen molar-refractivity contribution in [2.24, 2.45) is 7.05 Å². The summed E-state index contributed by atoms with van der Waals surface area (Å²) in [5.74, 6) is 0.602. The normalized spacial score (nSPS) is 18.1. The number of rotatable bonds is 12. The molecular formula is C41H50N8O3S. The van der Waals surface area contributed by atoms with Crippen LogP contribution in [0.2, 0.25) is 0 Å². The zero-order valence-electron chi connectivity index (χ0n) is 31.3. The molecule has 12 heteroatoms. The summed E-state index contributed by atoms with van der Waals surface area (Å²) in [6.07, 6.45) is 9.77. The highest BCUT2D eigenvalue weighted by Gasteiger charge is 2.32. The lowest BCUT2D eigenvalue weighted by Gasteiger charge is -2.33. The summed E-state index contributed by atoms with van der Waals surface area (Å²) in [7, 11) is 5.66. The summed E-state index contributed by atoms with van der Waals surface area (Å²) in [4.78, 5) is 38.7. The molecular weight excluding hydrogens is 685 g/mol. The van der Waals surface area contributed by atoms with Crippen LogP contribution in [0.15, 0.2) is 60.1 Å². The first-order valence-electron chi connectivity index (χ1n) is 18.6. The van der Waals surface area contributed by atoms with E-state index in [2.05, 4.69) is 63.3 Å². The largest absolute Gasteiger partial charge is 0.495 e. The van der Waals surface area contributed by atoms with Crippen LogP contribution in [0.1, 0.15) is 55.6 Å². The van der Waals surface area contributed by atoms with Gasteiger partial charge in [0.15, 0.2) is 0 Å². The van der Waals surface area contributed by atoms with Crippen molar-refractivity contribution in [3.63, 3.8) is 0 Å². The molecule has 5 heterocycles. The van der Waals surface area contributed by atoms with Crippen molar-refractivity contribution in [2.75, 3.05) is 62.8 Å². The predicted molar refractivity (Wildman–Crippen MR) is 218 cm³/mol.